The fraction of sp³-hybridized carbons (Fsp3) is 0.500. The summed E-state index contributed by atoms with van der Waals surface area (Å²) in [6, 6.07) is 6.01. The van der Waals surface area contributed by atoms with E-state index in [-0.39, 0.29) is 0 Å². The number of hydrogen-bond acceptors (Lipinski definition) is 5. The van der Waals surface area contributed by atoms with Gasteiger partial charge in [-0.2, -0.15) is 0 Å². The van der Waals surface area contributed by atoms with Crippen LogP contribution in [-0.2, 0) is 24.8 Å². The zero-order chi connectivity index (χ0) is 20.5. The number of hydrogen-bond donors (Lipinski definition) is 2. The van der Waals surface area contributed by atoms with Crippen LogP contribution in [0.5, 0.6) is 11.5 Å². The van der Waals surface area contributed by atoms with E-state index in [1.165, 1.54) is 16.9 Å². The van der Waals surface area contributed by atoms with Crippen molar-refractivity contribution in [3.8, 4) is 11.5 Å². The van der Waals surface area contributed by atoms with Crippen LogP contribution in [0.25, 0.3) is 0 Å². The second kappa shape index (κ2) is 8.13. The minimum atomic E-state index is -0.890. The number of aryl methyl sites for hydroxylation is 2. The van der Waals surface area contributed by atoms with Crippen LogP contribution in [0.15, 0.2) is 18.2 Å². The molecule has 5 nitrogen and oxygen atoms in total. The number of benzene rings is 1. The third-order valence-electron chi connectivity index (χ3n) is 5.53. The Labute approximate surface area is 170 Å². The highest BCUT2D eigenvalue weighted by molar-refractivity contribution is 7.14. The normalized spacial score (nSPS) is 18.8. The Morgan fingerprint density at radius 3 is 2.43 bits per heavy atom. The van der Waals surface area contributed by atoms with E-state index < -0.39 is 11.5 Å². The van der Waals surface area contributed by atoms with E-state index in [2.05, 4.69) is 13.8 Å². The summed E-state index contributed by atoms with van der Waals surface area (Å²) in [4.78, 5) is 13.4. The molecule has 0 aliphatic heterocycles. The van der Waals surface area contributed by atoms with Crippen LogP contribution >= 0.6 is 11.3 Å². The maximum absolute atomic E-state index is 11.9. The minimum absolute atomic E-state index is 0.380. The quantitative estimate of drug-likeness (QED) is 0.716. The van der Waals surface area contributed by atoms with E-state index in [4.69, 9.17) is 15.2 Å². The van der Waals surface area contributed by atoms with Crippen molar-refractivity contribution in [3.05, 3.63) is 44.6 Å². The summed E-state index contributed by atoms with van der Waals surface area (Å²) >= 11 is 1.37. The van der Waals surface area contributed by atoms with Gasteiger partial charge in [-0.25, -0.2) is 4.79 Å². The van der Waals surface area contributed by atoms with E-state index in [1.807, 2.05) is 18.2 Å². The van der Waals surface area contributed by atoms with Gasteiger partial charge in [0.1, 0.15) is 4.88 Å². The van der Waals surface area contributed by atoms with E-state index in [9.17, 15) is 9.90 Å². The fourth-order valence-electron chi connectivity index (χ4n) is 3.90. The van der Waals surface area contributed by atoms with Crippen molar-refractivity contribution in [2.75, 3.05) is 14.2 Å². The van der Waals surface area contributed by atoms with Crippen molar-refractivity contribution in [1.29, 1.82) is 0 Å². The Bertz CT molecular complexity index is 874. The summed E-state index contributed by atoms with van der Waals surface area (Å²) in [6.07, 6.45) is 4.00. The Morgan fingerprint density at radius 2 is 1.86 bits per heavy atom. The van der Waals surface area contributed by atoms with Crippen LogP contribution in [0.2, 0.25) is 0 Å². The van der Waals surface area contributed by atoms with E-state index in [1.54, 1.807) is 14.2 Å². The highest BCUT2D eigenvalue weighted by atomic mass is 32.1. The average molecular weight is 404 g/mol. The standard InChI is InChI=1S/C22H29NO4S/c1-13(2)5-6-16-11-17(20(28-16)21(24)25)22(23)8-7-14-9-18(26-3)19(27-4)10-15(14)12-22/h9-11,13H,5-8,12,23H2,1-4H3,(H,24,25). The van der Waals surface area contributed by atoms with Gasteiger partial charge in [-0.3, -0.25) is 0 Å². The predicted octanol–water partition coefficient (Wildman–Crippen LogP) is 4.40. The number of carboxylic acids is 1. The molecule has 1 aromatic heterocycles. The molecule has 1 aromatic carbocycles. The average Bonchev–Trinajstić information content (AvgIpc) is 3.11. The second-order valence-corrected chi connectivity index (χ2v) is 9.14. The van der Waals surface area contributed by atoms with Crippen molar-refractivity contribution >= 4 is 17.3 Å². The Hall–Kier alpha value is -2.05. The minimum Gasteiger partial charge on any atom is -0.493 e. The predicted molar refractivity (Wildman–Crippen MR) is 112 cm³/mol. The molecule has 1 aliphatic carbocycles. The van der Waals surface area contributed by atoms with Gasteiger partial charge >= 0.3 is 5.97 Å². The number of carbonyl (C=O) groups is 1. The number of methoxy groups -OCH3 is 2. The molecule has 3 rings (SSSR count). The molecule has 2 aromatic rings. The van der Waals surface area contributed by atoms with Crippen molar-refractivity contribution < 1.29 is 19.4 Å². The van der Waals surface area contributed by atoms with Crippen LogP contribution < -0.4 is 15.2 Å². The maximum Gasteiger partial charge on any atom is 0.346 e. The molecule has 1 unspecified atom stereocenters. The van der Waals surface area contributed by atoms with Crippen molar-refractivity contribution in [3.63, 3.8) is 0 Å². The third kappa shape index (κ3) is 4.03. The number of rotatable bonds is 7. The van der Waals surface area contributed by atoms with Gasteiger partial charge in [0.25, 0.3) is 0 Å². The molecule has 0 radical (unpaired) electrons. The van der Waals surface area contributed by atoms with Gasteiger partial charge in [-0.15, -0.1) is 11.3 Å². The summed E-state index contributed by atoms with van der Waals surface area (Å²) < 4.78 is 10.8. The monoisotopic (exact) mass is 403 g/mol. The lowest BCUT2D eigenvalue weighted by molar-refractivity contribution is 0.0699. The summed E-state index contributed by atoms with van der Waals surface area (Å²) in [5.74, 6) is 1.07. The van der Waals surface area contributed by atoms with Crippen molar-refractivity contribution in [2.45, 2.75) is 51.5 Å². The molecule has 1 atom stereocenters. The van der Waals surface area contributed by atoms with Crippen LogP contribution in [0.1, 0.15) is 57.9 Å². The molecule has 3 N–H and O–H groups in total. The molecular weight excluding hydrogens is 374 g/mol. The van der Waals surface area contributed by atoms with E-state index in [0.717, 1.165) is 35.3 Å². The van der Waals surface area contributed by atoms with Crippen LogP contribution in [-0.4, -0.2) is 25.3 Å². The van der Waals surface area contributed by atoms with Crippen LogP contribution in [0.4, 0.5) is 0 Å². The van der Waals surface area contributed by atoms with Gasteiger partial charge in [0.2, 0.25) is 0 Å². The SMILES string of the molecule is COc1cc2c(cc1OC)CC(N)(c1cc(CCC(C)C)sc1C(=O)O)CC2. The lowest BCUT2D eigenvalue weighted by Gasteiger charge is -2.35. The lowest BCUT2D eigenvalue weighted by Crippen LogP contribution is -2.42. The van der Waals surface area contributed by atoms with Crippen molar-refractivity contribution in [1.82, 2.24) is 0 Å². The molecule has 0 amide bonds. The molecule has 0 fully saturated rings. The van der Waals surface area contributed by atoms with Gasteiger partial charge in [-0.1, -0.05) is 13.8 Å². The molecule has 0 bridgehead atoms. The summed E-state index contributed by atoms with van der Waals surface area (Å²) in [5, 5.41) is 9.77. The molecular formula is C22H29NO4S. The molecule has 1 aliphatic rings. The van der Waals surface area contributed by atoms with Crippen LogP contribution in [0.3, 0.4) is 0 Å². The molecule has 152 valence electrons. The van der Waals surface area contributed by atoms with Gasteiger partial charge in [0, 0.05) is 10.4 Å². The molecule has 6 heteroatoms. The molecule has 1 heterocycles. The zero-order valence-corrected chi connectivity index (χ0v) is 17.8. The number of aromatic carboxylic acids is 1. The molecule has 28 heavy (non-hydrogen) atoms. The first kappa shape index (κ1) is 20.7. The van der Waals surface area contributed by atoms with E-state index >= 15 is 0 Å². The first-order chi connectivity index (χ1) is 13.3. The van der Waals surface area contributed by atoms with Gasteiger partial charge in [-0.05, 0) is 72.9 Å². The van der Waals surface area contributed by atoms with Gasteiger partial charge in [0.05, 0.1) is 14.2 Å². The molecule has 0 saturated carbocycles. The van der Waals surface area contributed by atoms with Gasteiger partial charge < -0.3 is 20.3 Å². The maximum atomic E-state index is 11.9. The number of nitrogens with two attached hydrogens (primary N) is 1. The highest BCUT2D eigenvalue weighted by Gasteiger charge is 2.37. The Kier molecular flexibility index (Phi) is 6.01. The number of thiophene rings is 1. The summed E-state index contributed by atoms with van der Waals surface area (Å²) in [6.45, 7) is 4.35. The number of ether oxygens (including phenoxy) is 2. The summed E-state index contributed by atoms with van der Waals surface area (Å²) in [7, 11) is 3.24. The first-order valence-corrected chi connectivity index (χ1v) is 10.5. The molecule has 0 saturated heterocycles. The number of carboxylic acid groups (broad SMARTS) is 1. The first-order valence-electron chi connectivity index (χ1n) is 9.66. The number of fused-ring (bicyclic) bond motifs is 1. The topological polar surface area (TPSA) is 81.8 Å². The van der Waals surface area contributed by atoms with Gasteiger partial charge in [0.15, 0.2) is 11.5 Å². The Morgan fingerprint density at radius 1 is 1.21 bits per heavy atom. The highest BCUT2D eigenvalue weighted by Crippen LogP contribution is 2.42. The largest absolute Gasteiger partial charge is 0.493 e. The molecule has 0 spiro atoms. The fourth-order valence-corrected chi connectivity index (χ4v) is 5.02. The van der Waals surface area contributed by atoms with Crippen molar-refractivity contribution in [2.24, 2.45) is 11.7 Å². The summed E-state index contributed by atoms with van der Waals surface area (Å²) in [5.41, 5.74) is 9.20. The van der Waals surface area contributed by atoms with E-state index in [0.29, 0.717) is 35.1 Å². The Balaban J connectivity index is 1.97. The third-order valence-corrected chi connectivity index (χ3v) is 6.72. The smallest absolute Gasteiger partial charge is 0.346 e. The zero-order valence-electron chi connectivity index (χ0n) is 17.0. The second-order valence-electron chi connectivity index (χ2n) is 8.00. The lowest BCUT2D eigenvalue weighted by atomic mass is 9.74. The van der Waals surface area contributed by atoms with Crippen LogP contribution in [0, 0.1) is 5.92 Å².